The number of fused-ring (bicyclic) bond motifs is 2. The molecule has 9 heteroatoms. The summed E-state index contributed by atoms with van der Waals surface area (Å²) in [6.07, 6.45) is 2.37. The fourth-order valence-corrected chi connectivity index (χ4v) is 4.45. The summed E-state index contributed by atoms with van der Waals surface area (Å²) in [5.74, 6) is -1.28. The molecule has 3 heterocycles. The number of ether oxygens (including phenoxy) is 2. The molecule has 0 bridgehead atoms. The van der Waals surface area contributed by atoms with E-state index in [2.05, 4.69) is 16.9 Å². The Morgan fingerprint density at radius 1 is 1.32 bits per heavy atom. The summed E-state index contributed by atoms with van der Waals surface area (Å²) in [6.45, 7) is 7.01. The number of imidazole rings is 1. The van der Waals surface area contributed by atoms with Gasteiger partial charge in [-0.1, -0.05) is 12.6 Å². The lowest BCUT2D eigenvalue weighted by atomic mass is 10.0. The number of benzene rings is 2. The zero-order valence-corrected chi connectivity index (χ0v) is 18.9. The van der Waals surface area contributed by atoms with Crippen molar-refractivity contribution in [3.63, 3.8) is 0 Å². The average molecular weight is 466 g/mol. The van der Waals surface area contributed by atoms with E-state index in [9.17, 15) is 4.79 Å². The third-order valence-electron chi connectivity index (χ3n) is 6.09. The number of morpholine rings is 1. The maximum Gasteiger partial charge on any atom is 0.409 e. The lowest BCUT2D eigenvalue weighted by Crippen LogP contribution is -2.47. The van der Waals surface area contributed by atoms with Crippen molar-refractivity contribution in [2.24, 2.45) is 0 Å². The van der Waals surface area contributed by atoms with Gasteiger partial charge in [0.2, 0.25) is 0 Å². The van der Waals surface area contributed by atoms with E-state index in [4.69, 9.17) is 9.47 Å². The molecule has 0 aliphatic carbocycles. The highest BCUT2D eigenvalue weighted by atomic mass is 19.1. The summed E-state index contributed by atoms with van der Waals surface area (Å²) in [4.78, 5) is 18.2. The van der Waals surface area contributed by atoms with Gasteiger partial charge in [-0.2, -0.15) is 0 Å². The van der Waals surface area contributed by atoms with E-state index in [-0.39, 0.29) is 23.5 Å². The quantitative estimate of drug-likeness (QED) is 0.606. The molecule has 7 nitrogen and oxygen atoms in total. The Balaban J connectivity index is 1.62. The van der Waals surface area contributed by atoms with Crippen molar-refractivity contribution in [3.05, 3.63) is 65.4 Å². The van der Waals surface area contributed by atoms with Crippen LogP contribution in [0.25, 0.3) is 28.5 Å². The van der Waals surface area contributed by atoms with Crippen molar-refractivity contribution in [3.8, 4) is 11.4 Å². The fourth-order valence-electron chi connectivity index (χ4n) is 4.45. The van der Waals surface area contributed by atoms with E-state index in [0.29, 0.717) is 36.6 Å². The van der Waals surface area contributed by atoms with Crippen molar-refractivity contribution in [1.29, 1.82) is 0 Å². The number of aromatic nitrogens is 2. The van der Waals surface area contributed by atoms with Crippen molar-refractivity contribution in [2.75, 3.05) is 32.1 Å². The van der Waals surface area contributed by atoms with Crippen molar-refractivity contribution in [2.45, 2.75) is 19.6 Å². The van der Waals surface area contributed by atoms with Gasteiger partial charge in [-0.25, -0.2) is 18.6 Å². The molecule has 5 rings (SSSR count). The van der Waals surface area contributed by atoms with Crippen molar-refractivity contribution in [1.82, 2.24) is 14.5 Å². The molecular formula is C25H24F2N4O3. The highest BCUT2D eigenvalue weighted by Gasteiger charge is 2.29. The zero-order valence-electron chi connectivity index (χ0n) is 18.9. The number of amides is 1. The number of halogens is 2. The third-order valence-corrected chi connectivity index (χ3v) is 6.09. The number of aryl methyl sites for hydroxylation is 1. The highest BCUT2D eigenvalue weighted by Crippen LogP contribution is 2.37. The molecule has 0 spiro atoms. The number of nitrogens with zero attached hydrogens (tertiary/aromatic N) is 3. The van der Waals surface area contributed by atoms with Gasteiger partial charge in [-0.05, 0) is 42.8 Å². The van der Waals surface area contributed by atoms with E-state index >= 15 is 8.78 Å². The molecule has 3 aromatic rings. The van der Waals surface area contributed by atoms with Crippen LogP contribution in [0.2, 0.25) is 0 Å². The predicted octanol–water partition coefficient (Wildman–Crippen LogP) is 4.71. The van der Waals surface area contributed by atoms with E-state index in [1.807, 2.05) is 25.1 Å². The minimum Gasteiger partial charge on any atom is -0.453 e. The van der Waals surface area contributed by atoms with Crippen LogP contribution < -0.4 is 5.32 Å². The Morgan fingerprint density at radius 3 is 2.94 bits per heavy atom. The molecule has 2 aliphatic rings. The Bertz CT molecular complexity index is 1350. The average Bonchev–Trinajstić information content (AvgIpc) is 3.15. The van der Waals surface area contributed by atoms with Crippen LogP contribution in [-0.4, -0.2) is 53.5 Å². The number of hydrogen-bond donors (Lipinski definition) is 1. The van der Waals surface area contributed by atoms with E-state index in [1.165, 1.54) is 13.2 Å². The standard InChI is InChI=1S/C25H24F2N4O3/c1-14-4-7-21-20(10-14)29-24(31(21)13-16-12-30(8-9-34-16)25(32)33-3)22-18(26)11-19-17(23(22)27)6-5-15(2)28-19/h4-7,10-11,16,28H,2,8-9,12-13H2,1,3H3/t16-/m1/s1. The fraction of sp³-hybridized carbons (Fsp3) is 0.280. The van der Waals surface area contributed by atoms with Crippen LogP contribution in [0.15, 0.2) is 42.6 Å². The Kier molecular flexibility index (Phi) is 5.57. The molecule has 0 radical (unpaired) electrons. The second-order valence-corrected chi connectivity index (χ2v) is 8.44. The number of carbonyl (C=O) groups is 1. The van der Waals surface area contributed by atoms with Crippen molar-refractivity contribution >= 4 is 28.9 Å². The molecule has 1 fully saturated rings. The second-order valence-electron chi connectivity index (χ2n) is 8.44. The minimum atomic E-state index is -0.735. The lowest BCUT2D eigenvalue weighted by molar-refractivity contribution is -0.0310. The van der Waals surface area contributed by atoms with Gasteiger partial charge in [0.25, 0.3) is 0 Å². The first-order valence-corrected chi connectivity index (χ1v) is 10.9. The highest BCUT2D eigenvalue weighted by molar-refractivity contribution is 5.84. The topological polar surface area (TPSA) is 68.6 Å². The van der Waals surface area contributed by atoms with Crippen LogP contribution in [0.1, 0.15) is 11.1 Å². The number of hydrogen-bond acceptors (Lipinski definition) is 5. The zero-order chi connectivity index (χ0) is 24.0. The van der Waals surface area contributed by atoms with Gasteiger partial charge in [0, 0.05) is 17.8 Å². The molecule has 2 aliphatic heterocycles. The second kappa shape index (κ2) is 8.57. The van der Waals surface area contributed by atoms with Gasteiger partial charge in [0.1, 0.15) is 17.5 Å². The van der Waals surface area contributed by atoms with Gasteiger partial charge < -0.3 is 24.3 Å². The Morgan fingerprint density at radius 2 is 2.15 bits per heavy atom. The summed E-state index contributed by atoms with van der Waals surface area (Å²) in [5.41, 5.74) is 3.20. The molecule has 2 aromatic carbocycles. The van der Waals surface area contributed by atoms with Gasteiger partial charge >= 0.3 is 6.09 Å². The van der Waals surface area contributed by atoms with E-state index in [0.717, 1.165) is 11.1 Å². The smallest absolute Gasteiger partial charge is 0.409 e. The predicted molar refractivity (Wildman–Crippen MR) is 125 cm³/mol. The molecule has 1 atom stereocenters. The van der Waals surface area contributed by atoms with Crippen LogP contribution in [0, 0.1) is 18.6 Å². The van der Waals surface area contributed by atoms with Crippen LogP contribution in [0.3, 0.4) is 0 Å². The molecule has 0 unspecified atom stereocenters. The largest absolute Gasteiger partial charge is 0.453 e. The minimum absolute atomic E-state index is 0.162. The molecule has 1 aromatic heterocycles. The molecular weight excluding hydrogens is 442 g/mol. The Hall–Kier alpha value is -3.72. The van der Waals surface area contributed by atoms with Crippen LogP contribution in [0.4, 0.5) is 19.3 Å². The summed E-state index contributed by atoms with van der Waals surface area (Å²) in [6, 6.07) is 6.93. The molecule has 0 saturated carbocycles. The molecule has 34 heavy (non-hydrogen) atoms. The number of nitrogens with one attached hydrogen (secondary N) is 1. The molecule has 1 amide bonds. The molecule has 1 N–H and O–H groups in total. The van der Waals surface area contributed by atoms with Crippen LogP contribution >= 0.6 is 0 Å². The molecule has 1 saturated heterocycles. The SMILES string of the molecule is C=C1C=Cc2c(cc(F)c(-c3nc4cc(C)ccc4n3C[C@H]3CN(C(=O)OC)CCO3)c2F)N1. The van der Waals surface area contributed by atoms with Gasteiger partial charge in [0.05, 0.1) is 55.2 Å². The van der Waals surface area contributed by atoms with E-state index < -0.39 is 23.8 Å². The van der Waals surface area contributed by atoms with E-state index in [1.54, 1.807) is 21.6 Å². The first-order valence-electron chi connectivity index (χ1n) is 10.9. The normalized spacial score (nSPS) is 17.6. The van der Waals surface area contributed by atoms with Gasteiger partial charge in [0.15, 0.2) is 0 Å². The number of anilines is 1. The summed E-state index contributed by atoms with van der Waals surface area (Å²) < 4.78 is 43.5. The Labute approximate surface area is 195 Å². The third kappa shape index (κ3) is 3.81. The van der Waals surface area contributed by atoms with Gasteiger partial charge in [-0.3, -0.25) is 0 Å². The monoisotopic (exact) mass is 466 g/mol. The van der Waals surface area contributed by atoms with Crippen LogP contribution in [-0.2, 0) is 16.0 Å². The summed E-state index contributed by atoms with van der Waals surface area (Å²) >= 11 is 0. The molecule has 176 valence electrons. The number of allylic oxidation sites excluding steroid dienone is 1. The summed E-state index contributed by atoms with van der Waals surface area (Å²) in [5, 5.41) is 2.90. The first-order chi connectivity index (χ1) is 16.4. The van der Waals surface area contributed by atoms with Crippen molar-refractivity contribution < 1.29 is 23.0 Å². The van der Waals surface area contributed by atoms with Gasteiger partial charge in [-0.15, -0.1) is 0 Å². The first kappa shape index (κ1) is 22.1. The number of carbonyl (C=O) groups excluding carboxylic acids is 1. The number of rotatable bonds is 3. The number of methoxy groups -OCH3 is 1. The lowest BCUT2D eigenvalue weighted by Gasteiger charge is -2.32. The maximum absolute atomic E-state index is 15.7. The van der Waals surface area contributed by atoms with Crippen LogP contribution in [0.5, 0.6) is 0 Å². The summed E-state index contributed by atoms with van der Waals surface area (Å²) in [7, 11) is 1.33. The maximum atomic E-state index is 15.7.